The van der Waals surface area contributed by atoms with E-state index >= 15 is 0 Å². The van der Waals surface area contributed by atoms with Crippen LogP contribution >= 0.6 is 0 Å². The second-order valence-electron chi connectivity index (χ2n) is 6.77. The van der Waals surface area contributed by atoms with Crippen LogP contribution in [0.25, 0.3) is 0 Å². The van der Waals surface area contributed by atoms with Crippen molar-refractivity contribution in [1.29, 1.82) is 0 Å². The third kappa shape index (κ3) is 5.32. The molecular formula is C20H30FN3O3. The summed E-state index contributed by atoms with van der Waals surface area (Å²) >= 11 is 0. The topological polar surface area (TPSA) is 55.3 Å². The molecule has 2 saturated heterocycles. The van der Waals surface area contributed by atoms with Crippen molar-refractivity contribution < 1.29 is 18.6 Å². The lowest BCUT2D eigenvalue weighted by atomic mass is 10.1. The van der Waals surface area contributed by atoms with Crippen LogP contribution < -0.4 is 10.1 Å². The summed E-state index contributed by atoms with van der Waals surface area (Å²) in [5, 5.41) is 3.34. The van der Waals surface area contributed by atoms with Crippen LogP contribution in [0.2, 0.25) is 0 Å². The predicted octanol–water partition coefficient (Wildman–Crippen LogP) is 2.57. The number of benzene rings is 1. The Morgan fingerprint density at radius 3 is 2.85 bits per heavy atom. The highest BCUT2D eigenvalue weighted by atomic mass is 19.1. The molecule has 0 amide bonds. The first-order chi connectivity index (χ1) is 13.2. The van der Waals surface area contributed by atoms with Crippen LogP contribution in [0.3, 0.4) is 0 Å². The third-order valence-electron chi connectivity index (χ3n) is 4.81. The number of nitrogens with one attached hydrogen (secondary N) is 1. The number of halogens is 1. The summed E-state index contributed by atoms with van der Waals surface area (Å²) in [4.78, 5) is 6.93. The Hall–Kier alpha value is -1.86. The van der Waals surface area contributed by atoms with Gasteiger partial charge in [-0.3, -0.25) is 0 Å². The summed E-state index contributed by atoms with van der Waals surface area (Å²) in [6, 6.07) is 5.01. The molecule has 2 heterocycles. The van der Waals surface area contributed by atoms with Gasteiger partial charge in [-0.05, 0) is 44.4 Å². The van der Waals surface area contributed by atoms with Gasteiger partial charge in [-0.15, -0.1) is 0 Å². The zero-order valence-corrected chi connectivity index (χ0v) is 16.2. The van der Waals surface area contributed by atoms with Crippen molar-refractivity contribution in [2.45, 2.75) is 45.4 Å². The van der Waals surface area contributed by atoms with E-state index in [1.165, 1.54) is 6.07 Å². The largest absolute Gasteiger partial charge is 0.491 e. The zero-order valence-electron chi connectivity index (χ0n) is 16.2. The molecule has 1 aromatic rings. The number of hydrogen-bond donors (Lipinski definition) is 1. The van der Waals surface area contributed by atoms with E-state index in [2.05, 4.69) is 10.2 Å². The molecule has 0 spiro atoms. The van der Waals surface area contributed by atoms with Gasteiger partial charge >= 0.3 is 0 Å². The van der Waals surface area contributed by atoms with E-state index in [1.54, 1.807) is 6.07 Å². The Balaban J connectivity index is 1.66. The minimum absolute atomic E-state index is 0.0769. The molecule has 0 radical (unpaired) electrons. The second-order valence-corrected chi connectivity index (χ2v) is 6.77. The van der Waals surface area contributed by atoms with Crippen molar-refractivity contribution >= 4 is 5.96 Å². The number of hydrogen-bond acceptors (Lipinski definition) is 4. The molecule has 6 nitrogen and oxygen atoms in total. The van der Waals surface area contributed by atoms with Crippen LogP contribution in [0, 0.1) is 5.82 Å². The Morgan fingerprint density at radius 2 is 2.15 bits per heavy atom. The first-order valence-electron chi connectivity index (χ1n) is 9.89. The minimum atomic E-state index is -0.348. The van der Waals surface area contributed by atoms with Gasteiger partial charge in [0.25, 0.3) is 0 Å². The summed E-state index contributed by atoms with van der Waals surface area (Å²) in [5.41, 5.74) is 0.815. The fraction of sp³-hybridized carbons (Fsp3) is 0.650. The first-order valence-corrected chi connectivity index (χ1v) is 9.89. The van der Waals surface area contributed by atoms with Crippen molar-refractivity contribution in [3.63, 3.8) is 0 Å². The maximum Gasteiger partial charge on any atom is 0.194 e. The molecule has 3 rings (SSSR count). The number of guanidine groups is 1. The van der Waals surface area contributed by atoms with E-state index in [9.17, 15) is 4.39 Å². The summed E-state index contributed by atoms with van der Waals surface area (Å²) in [5.74, 6) is 0.766. The van der Waals surface area contributed by atoms with Gasteiger partial charge in [0.05, 0.1) is 25.9 Å². The molecule has 2 aliphatic heterocycles. The Labute approximate surface area is 160 Å². The quantitative estimate of drug-likeness (QED) is 0.608. The molecule has 27 heavy (non-hydrogen) atoms. The molecule has 2 atom stereocenters. The Bertz CT molecular complexity index is 635. The average Bonchev–Trinajstić information content (AvgIpc) is 3.22. The van der Waals surface area contributed by atoms with E-state index in [4.69, 9.17) is 19.2 Å². The lowest BCUT2D eigenvalue weighted by molar-refractivity contribution is -0.0817. The molecule has 0 bridgehead atoms. The highest BCUT2D eigenvalue weighted by molar-refractivity contribution is 5.80. The van der Waals surface area contributed by atoms with E-state index in [1.807, 2.05) is 19.9 Å². The van der Waals surface area contributed by atoms with Crippen molar-refractivity contribution in [3.05, 3.63) is 29.6 Å². The number of nitrogens with zero attached hydrogens (tertiary/aromatic N) is 2. The smallest absolute Gasteiger partial charge is 0.194 e. The number of morpholine rings is 1. The fourth-order valence-corrected chi connectivity index (χ4v) is 3.50. The molecule has 1 N–H and O–H groups in total. The average molecular weight is 379 g/mol. The number of rotatable bonds is 6. The molecule has 150 valence electrons. The molecule has 2 fully saturated rings. The lowest BCUT2D eigenvalue weighted by Crippen LogP contribution is -2.53. The molecular weight excluding hydrogens is 349 g/mol. The van der Waals surface area contributed by atoms with Crippen molar-refractivity contribution in [3.8, 4) is 5.75 Å². The molecule has 0 aromatic heterocycles. The summed E-state index contributed by atoms with van der Waals surface area (Å²) in [7, 11) is 0. The van der Waals surface area contributed by atoms with E-state index in [0.29, 0.717) is 19.8 Å². The maximum atomic E-state index is 14.1. The van der Waals surface area contributed by atoms with Gasteiger partial charge in [0.2, 0.25) is 0 Å². The Morgan fingerprint density at radius 1 is 1.30 bits per heavy atom. The summed E-state index contributed by atoms with van der Waals surface area (Å²) in [6.07, 6.45) is 2.41. The summed E-state index contributed by atoms with van der Waals surface area (Å²) in [6.45, 7) is 8.54. The maximum absolute atomic E-state index is 14.1. The van der Waals surface area contributed by atoms with Crippen LogP contribution in [-0.2, 0) is 16.0 Å². The molecule has 1 aromatic carbocycles. The monoisotopic (exact) mass is 379 g/mol. The van der Waals surface area contributed by atoms with Crippen LogP contribution in [0.15, 0.2) is 23.2 Å². The van der Waals surface area contributed by atoms with Crippen LogP contribution in [-0.4, -0.2) is 62.5 Å². The highest BCUT2D eigenvalue weighted by Crippen LogP contribution is 2.22. The molecule has 0 saturated carbocycles. The third-order valence-corrected chi connectivity index (χ3v) is 4.81. The standard InChI is InChI=1S/C20H30FN3O3/c1-3-22-20(23-13-15-7-8-17(25-4-2)16(21)12-15)24-9-11-27-19(14-24)18-6-5-10-26-18/h7-8,12,18-19H,3-6,9-11,13-14H2,1-2H3,(H,22,23). The van der Waals surface area contributed by atoms with Crippen molar-refractivity contribution in [2.24, 2.45) is 4.99 Å². The minimum Gasteiger partial charge on any atom is -0.491 e. The molecule has 7 heteroatoms. The second kappa shape index (κ2) is 9.90. The molecule has 2 aliphatic rings. The van der Waals surface area contributed by atoms with Gasteiger partial charge < -0.3 is 24.4 Å². The van der Waals surface area contributed by atoms with Crippen LogP contribution in [0.1, 0.15) is 32.3 Å². The fourth-order valence-electron chi connectivity index (χ4n) is 3.50. The summed E-state index contributed by atoms with van der Waals surface area (Å²) < 4.78 is 31.0. The van der Waals surface area contributed by atoms with E-state index < -0.39 is 0 Å². The molecule has 0 aliphatic carbocycles. The lowest BCUT2D eigenvalue weighted by Gasteiger charge is -2.37. The van der Waals surface area contributed by atoms with E-state index in [-0.39, 0.29) is 23.8 Å². The van der Waals surface area contributed by atoms with E-state index in [0.717, 1.165) is 50.6 Å². The number of aliphatic imine (C=N–C) groups is 1. The molecule has 2 unspecified atom stereocenters. The van der Waals surface area contributed by atoms with Gasteiger partial charge in [0.15, 0.2) is 17.5 Å². The Kier molecular flexibility index (Phi) is 7.29. The van der Waals surface area contributed by atoms with Crippen molar-refractivity contribution in [2.75, 3.05) is 39.5 Å². The van der Waals surface area contributed by atoms with Gasteiger partial charge in [-0.25, -0.2) is 9.38 Å². The highest BCUT2D eigenvalue weighted by Gasteiger charge is 2.32. The SMILES string of the molecule is CCNC(=NCc1ccc(OCC)c(F)c1)N1CCOC(C2CCCO2)C1. The number of ether oxygens (including phenoxy) is 3. The zero-order chi connectivity index (χ0) is 19.1. The van der Waals surface area contributed by atoms with Crippen molar-refractivity contribution in [1.82, 2.24) is 10.2 Å². The first kappa shape index (κ1) is 19.9. The van der Waals surface area contributed by atoms with Crippen LogP contribution in [0.4, 0.5) is 4.39 Å². The normalized spacial score (nSPS) is 23.5. The predicted molar refractivity (Wildman–Crippen MR) is 103 cm³/mol. The van der Waals surface area contributed by atoms with Gasteiger partial charge in [-0.2, -0.15) is 0 Å². The van der Waals surface area contributed by atoms with Gasteiger partial charge in [0.1, 0.15) is 6.10 Å². The van der Waals surface area contributed by atoms with Gasteiger partial charge in [0, 0.05) is 26.2 Å². The van der Waals surface area contributed by atoms with Gasteiger partial charge in [-0.1, -0.05) is 6.07 Å². The van der Waals surface area contributed by atoms with Crippen LogP contribution in [0.5, 0.6) is 5.75 Å².